The molecule has 0 bridgehead atoms. The molecule has 2 aromatic rings. The van der Waals surface area contributed by atoms with Crippen LogP contribution in [0.1, 0.15) is 27.2 Å². The quantitative estimate of drug-likeness (QED) is 0.404. The Morgan fingerprint density at radius 3 is 1.75 bits per heavy atom. The van der Waals surface area contributed by atoms with Crippen LogP contribution in [-0.4, -0.2) is 25.1 Å². The van der Waals surface area contributed by atoms with Crippen LogP contribution in [0.2, 0.25) is 5.04 Å². The molecule has 1 unspecified atom stereocenters. The zero-order valence-electron chi connectivity index (χ0n) is 14.6. The first-order valence-electron chi connectivity index (χ1n) is 8.37. The molecule has 0 N–H and O–H groups in total. The van der Waals surface area contributed by atoms with Gasteiger partial charge in [0.05, 0.1) is 0 Å². The van der Waals surface area contributed by atoms with Gasteiger partial charge < -0.3 is 4.43 Å². The van der Waals surface area contributed by atoms with Crippen LogP contribution in [0.15, 0.2) is 60.7 Å². The molecule has 2 rings (SSSR count). The van der Waals surface area contributed by atoms with Crippen molar-refractivity contribution in [3.05, 3.63) is 60.7 Å². The first kappa shape index (κ1) is 19.9. The lowest BCUT2D eigenvalue weighted by molar-refractivity contribution is 0.293. The van der Waals surface area contributed by atoms with Gasteiger partial charge in [0.25, 0.3) is 8.32 Å². The van der Waals surface area contributed by atoms with Gasteiger partial charge in [-0.25, -0.2) is 0 Å². The molecular formula is C20H26Br2OSi. The van der Waals surface area contributed by atoms with E-state index in [4.69, 9.17) is 4.43 Å². The van der Waals surface area contributed by atoms with Crippen LogP contribution in [0.5, 0.6) is 0 Å². The van der Waals surface area contributed by atoms with E-state index in [0.717, 1.165) is 18.4 Å². The molecule has 0 heterocycles. The lowest BCUT2D eigenvalue weighted by atomic mass is 10.2. The average Bonchev–Trinajstić information content (AvgIpc) is 2.59. The molecule has 0 saturated carbocycles. The summed E-state index contributed by atoms with van der Waals surface area (Å²) in [4.78, 5) is 0.440. The highest BCUT2D eigenvalue weighted by molar-refractivity contribution is 9.12. The number of alkyl halides is 2. The lowest BCUT2D eigenvalue weighted by Gasteiger charge is -2.43. The summed E-state index contributed by atoms with van der Waals surface area (Å²) in [6, 6.07) is 21.6. The van der Waals surface area contributed by atoms with Gasteiger partial charge in [-0.3, -0.25) is 0 Å². The maximum absolute atomic E-state index is 6.83. The molecular weight excluding hydrogens is 444 g/mol. The Balaban J connectivity index is 2.49. The van der Waals surface area contributed by atoms with Gasteiger partial charge in [0.2, 0.25) is 0 Å². The molecule has 0 spiro atoms. The van der Waals surface area contributed by atoms with Crippen molar-refractivity contribution < 1.29 is 4.43 Å². The van der Waals surface area contributed by atoms with Crippen molar-refractivity contribution in [2.45, 2.75) is 37.1 Å². The van der Waals surface area contributed by atoms with E-state index in [2.05, 4.69) is 113 Å². The number of hydrogen-bond donors (Lipinski definition) is 0. The summed E-state index contributed by atoms with van der Waals surface area (Å²) in [6.07, 6.45) is 0.996. The minimum atomic E-state index is -2.37. The Morgan fingerprint density at radius 2 is 1.38 bits per heavy atom. The molecule has 2 aromatic carbocycles. The van der Waals surface area contributed by atoms with Gasteiger partial charge in [-0.1, -0.05) is 113 Å². The van der Waals surface area contributed by atoms with Crippen LogP contribution in [0.25, 0.3) is 0 Å². The SMILES string of the molecule is CC(C)(C)[Si](OCCC(Br)CBr)(c1ccccc1)c1ccccc1. The molecule has 1 atom stereocenters. The summed E-state index contributed by atoms with van der Waals surface area (Å²) in [5.41, 5.74) is 0. The van der Waals surface area contributed by atoms with E-state index in [-0.39, 0.29) is 5.04 Å². The van der Waals surface area contributed by atoms with Gasteiger partial charge in [0.15, 0.2) is 0 Å². The Hall–Kier alpha value is -0.423. The maximum atomic E-state index is 6.83. The molecule has 0 radical (unpaired) electrons. The fourth-order valence-corrected chi connectivity index (χ4v) is 8.27. The smallest absolute Gasteiger partial charge is 0.261 e. The summed E-state index contributed by atoms with van der Waals surface area (Å²) >= 11 is 7.23. The van der Waals surface area contributed by atoms with Crippen molar-refractivity contribution in [1.82, 2.24) is 0 Å². The largest absolute Gasteiger partial charge is 0.407 e. The summed E-state index contributed by atoms with van der Waals surface area (Å²) in [7, 11) is -2.37. The third kappa shape index (κ3) is 4.40. The van der Waals surface area contributed by atoms with Crippen molar-refractivity contribution in [2.24, 2.45) is 0 Å². The van der Waals surface area contributed by atoms with Gasteiger partial charge in [-0.2, -0.15) is 0 Å². The van der Waals surface area contributed by atoms with Gasteiger partial charge >= 0.3 is 0 Å². The van der Waals surface area contributed by atoms with Crippen LogP contribution in [-0.2, 0) is 4.43 Å². The Kier molecular flexibility index (Phi) is 7.29. The molecule has 0 aliphatic heterocycles. The molecule has 0 aliphatic rings. The monoisotopic (exact) mass is 468 g/mol. The van der Waals surface area contributed by atoms with Crippen LogP contribution in [0.4, 0.5) is 0 Å². The standard InChI is InChI=1S/C20H26Br2OSi/c1-20(2,3)24(18-10-6-4-7-11-18,19-12-8-5-9-13-19)23-15-14-17(22)16-21/h4-13,17H,14-16H2,1-3H3. The van der Waals surface area contributed by atoms with E-state index in [1.54, 1.807) is 0 Å². The van der Waals surface area contributed by atoms with Crippen LogP contribution in [0.3, 0.4) is 0 Å². The second kappa shape index (κ2) is 8.79. The molecule has 0 aliphatic carbocycles. The van der Waals surface area contributed by atoms with Crippen LogP contribution in [0, 0.1) is 0 Å². The third-order valence-electron chi connectivity index (χ3n) is 4.33. The second-order valence-corrected chi connectivity index (χ2v) is 13.3. The van der Waals surface area contributed by atoms with Gasteiger partial charge in [0, 0.05) is 16.8 Å². The van der Waals surface area contributed by atoms with Gasteiger partial charge in [-0.05, 0) is 21.8 Å². The molecule has 0 amide bonds. The summed E-state index contributed by atoms with van der Waals surface area (Å²) in [5.74, 6) is 0. The topological polar surface area (TPSA) is 9.23 Å². The average molecular weight is 470 g/mol. The van der Waals surface area contributed by atoms with Crippen molar-refractivity contribution in [3.8, 4) is 0 Å². The summed E-state index contributed by atoms with van der Waals surface area (Å²) in [5, 5.41) is 3.67. The molecule has 4 heteroatoms. The Bertz CT molecular complexity index is 571. The van der Waals surface area contributed by atoms with E-state index in [9.17, 15) is 0 Å². The summed E-state index contributed by atoms with van der Waals surface area (Å²) < 4.78 is 6.83. The fraction of sp³-hybridized carbons (Fsp3) is 0.400. The predicted molar refractivity (Wildman–Crippen MR) is 115 cm³/mol. The minimum Gasteiger partial charge on any atom is -0.407 e. The van der Waals surface area contributed by atoms with Crippen molar-refractivity contribution >= 4 is 50.6 Å². The summed E-state index contributed by atoms with van der Waals surface area (Å²) in [6.45, 7) is 7.70. The number of rotatable bonds is 7. The molecule has 1 nitrogen and oxygen atoms in total. The second-order valence-electron chi connectivity index (χ2n) is 7.05. The van der Waals surface area contributed by atoms with E-state index in [0.29, 0.717) is 4.83 Å². The highest BCUT2D eigenvalue weighted by Crippen LogP contribution is 2.36. The molecule has 0 fully saturated rings. The van der Waals surface area contributed by atoms with Gasteiger partial charge in [0.1, 0.15) is 0 Å². The first-order chi connectivity index (χ1) is 11.4. The highest BCUT2D eigenvalue weighted by Gasteiger charge is 2.49. The van der Waals surface area contributed by atoms with Gasteiger partial charge in [-0.15, -0.1) is 0 Å². The Labute approximate surface area is 164 Å². The third-order valence-corrected chi connectivity index (χ3v) is 11.8. The molecule has 0 aromatic heterocycles. The first-order valence-corrected chi connectivity index (χ1v) is 12.3. The highest BCUT2D eigenvalue weighted by atomic mass is 79.9. The number of hydrogen-bond acceptors (Lipinski definition) is 1. The molecule has 24 heavy (non-hydrogen) atoms. The maximum Gasteiger partial charge on any atom is 0.261 e. The van der Waals surface area contributed by atoms with Crippen molar-refractivity contribution in [1.29, 1.82) is 0 Å². The Morgan fingerprint density at radius 1 is 0.917 bits per heavy atom. The zero-order chi connectivity index (χ0) is 17.6. The zero-order valence-corrected chi connectivity index (χ0v) is 18.8. The number of halogens is 2. The lowest BCUT2D eigenvalue weighted by Crippen LogP contribution is -2.66. The fourth-order valence-electron chi connectivity index (χ4n) is 3.18. The van der Waals surface area contributed by atoms with Crippen molar-refractivity contribution in [3.63, 3.8) is 0 Å². The van der Waals surface area contributed by atoms with Crippen LogP contribution < -0.4 is 10.4 Å². The van der Waals surface area contributed by atoms with Crippen LogP contribution >= 0.6 is 31.9 Å². The normalized spacial score (nSPS) is 13.7. The molecule has 0 saturated heterocycles. The van der Waals surface area contributed by atoms with Crippen molar-refractivity contribution in [2.75, 3.05) is 11.9 Å². The predicted octanol–water partition coefficient (Wildman–Crippen LogP) is 5.11. The molecule has 130 valence electrons. The van der Waals surface area contributed by atoms with E-state index in [1.165, 1.54) is 10.4 Å². The minimum absolute atomic E-state index is 0.0475. The number of benzene rings is 2. The van der Waals surface area contributed by atoms with E-state index in [1.807, 2.05) is 0 Å². The van der Waals surface area contributed by atoms with E-state index >= 15 is 0 Å². The van der Waals surface area contributed by atoms with E-state index < -0.39 is 8.32 Å².